The number of benzene rings is 1. The van der Waals surface area contributed by atoms with Crippen LogP contribution < -0.4 is 0 Å². The van der Waals surface area contributed by atoms with Crippen LogP contribution in [0.5, 0.6) is 0 Å². The molecule has 4 nitrogen and oxygen atoms in total. The van der Waals surface area contributed by atoms with Crippen molar-refractivity contribution in [3.8, 4) is 0 Å². The van der Waals surface area contributed by atoms with E-state index in [1.165, 1.54) is 25.0 Å². The molecule has 0 unspecified atom stereocenters. The molecule has 0 amide bonds. The number of halogens is 2. The second-order valence-electron chi connectivity index (χ2n) is 6.22. The van der Waals surface area contributed by atoms with Gasteiger partial charge in [0, 0.05) is 25.0 Å². The van der Waals surface area contributed by atoms with E-state index in [4.69, 9.17) is 0 Å². The van der Waals surface area contributed by atoms with Crippen LogP contribution >= 0.6 is 0 Å². The summed E-state index contributed by atoms with van der Waals surface area (Å²) in [4.78, 5) is 2.23. The first-order chi connectivity index (χ1) is 10.6. The zero-order chi connectivity index (χ0) is 15.3. The summed E-state index contributed by atoms with van der Waals surface area (Å²) in [5.74, 6) is 1.10. The number of hydrogen-bond donors (Lipinski definition) is 0. The van der Waals surface area contributed by atoms with Crippen LogP contribution in [0.15, 0.2) is 18.2 Å². The lowest BCUT2D eigenvalue weighted by atomic mass is 10.1. The maximum atomic E-state index is 13.4. The zero-order valence-electron chi connectivity index (χ0n) is 12.5. The fourth-order valence-corrected chi connectivity index (χ4v) is 3.16. The summed E-state index contributed by atoms with van der Waals surface area (Å²) in [6.07, 6.45) is 2.43. The lowest BCUT2D eigenvalue weighted by Crippen LogP contribution is -2.36. The lowest BCUT2D eigenvalue weighted by Gasteiger charge is -2.33. The van der Waals surface area contributed by atoms with Crippen LogP contribution in [0.2, 0.25) is 0 Å². The molecule has 1 aliphatic carbocycles. The third-order valence-electron chi connectivity index (χ3n) is 4.73. The Labute approximate surface area is 127 Å². The average Bonchev–Trinajstić information content (AvgIpc) is 3.28. The second-order valence-corrected chi connectivity index (χ2v) is 6.22. The largest absolute Gasteiger partial charge is 0.312 e. The first kappa shape index (κ1) is 13.8. The van der Waals surface area contributed by atoms with Gasteiger partial charge in [-0.15, -0.1) is 10.2 Å². The van der Waals surface area contributed by atoms with Crippen molar-refractivity contribution in [1.82, 2.24) is 19.7 Å². The van der Waals surface area contributed by atoms with E-state index in [0.717, 1.165) is 30.3 Å². The highest BCUT2D eigenvalue weighted by atomic mass is 19.2. The SMILES string of the molecule is C[C@H](c1ccc(F)c(F)c1)N1CCn2c(nnc2C2CC2)C1. The molecule has 22 heavy (non-hydrogen) atoms. The highest BCUT2D eigenvalue weighted by Crippen LogP contribution is 2.40. The van der Waals surface area contributed by atoms with E-state index in [1.807, 2.05) is 6.92 Å². The van der Waals surface area contributed by atoms with Gasteiger partial charge in [0.1, 0.15) is 11.6 Å². The molecule has 0 radical (unpaired) electrons. The Hall–Kier alpha value is -1.82. The van der Waals surface area contributed by atoms with Gasteiger partial charge in [-0.1, -0.05) is 6.07 Å². The number of rotatable bonds is 3. The van der Waals surface area contributed by atoms with E-state index < -0.39 is 11.6 Å². The molecule has 2 aliphatic rings. The van der Waals surface area contributed by atoms with E-state index in [2.05, 4.69) is 19.7 Å². The maximum Gasteiger partial charge on any atom is 0.159 e. The highest BCUT2D eigenvalue weighted by Gasteiger charge is 2.33. The van der Waals surface area contributed by atoms with E-state index >= 15 is 0 Å². The van der Waals surface area contributed by atoms with E-state index in [9.17, 15) is 8.78 Å². The van der Waals surface area contributed by atoms with E-state index in [-0.39, 0.29) is 6.04 Å². The quantitative estimate of drug-likeness (QED) is 0.874. The summed E-state index contributed by atoms with van der Waals surface area (Å²) >= 11 is 0. The van der Waals surface area contributed by atoms with Gasteiger partial charge in [-0.2, -0.15) is 0 Å². The first-order valence-corrected chi connectivity index (χ1v) is 7.74. The smallest absolute Gasteiger partial charge is 0.159 e. The van der Waals surface area contributed by atoms with Crippen molar-refractivity contribution in [1.29, 1.82) is 0 Å². The van der Waals surface area contributed by atoms with Crippen molar-refractivity contribution in [2.24, 2.45) is 0 Å². The predicted molar refractivity (Wildman–Crippen MR) is 77.2 cm³/mol. The summed E-state index contributed by atoms with van der Waals surface area (Å²) < 4.78 is 28.7. The number of hydrogen-bond acceptors (Lipinski definition) is 3. The Bertz CT molecular complexity index is 708. The summed E-state index contributed by atoms with van der Waals surface area (Å²) in [7, 11) is 0. The topological polar surface area (TPSA) is 34.0 Å². The second kappa shape index (κ2) is 5.12. The summed E-state index contributed by atoms with van der Waals surface area (Å²) in [6, 6.07) is 4.15. The Balaban J connectivity index is 1.54. The van der Waals surface area contributed by atoms with Crippen LogP contribution in [-0.4, -0.2) is 26.2 Å². The highest BCUT2D eigenvalue weighted by molar-refractivity contribution is 5.21. The molecule has 2 heterocycles. The normalized spacial score (nSPS) is 20.0. The third kappa shape index (κ3) is 2.31. The molecule has 1 aromatic carbocycles. The molecule has 2 aromatic rings. The minimum absolute atomic E-state index is 0.0184. The maximum absolute atomic E-state index is 13.4. The van der Waals surface area contributed by atoms with Gasteiger partial charge in [0.15, 0.2) is 11.6 Å². The molecule has 0 bridgehead atoms. The molecule has 6 heteroatoms. The van der Waals surface area contributed by atoms with Gasteiger partial charge in [-0.25, -0.2) is 8.78 Å². The van der Waals surface area contributed by atoms with Gasteiger partial charge in [-0.3, -0.25) is 4.90 Å². The average molecular weight is 304 g/mol. The summed E-state index contributed by atoms with van der Waals surface area (Å²) in [6.45, 7) is 4.44. The molecule has 4 rings (SSSR count). The summed E-state index contributed by atoms with van der Waals surface area (Å²) in [5, 5.41) is 8.64. The van der Waals surface area contributed by atoms with Crippen LogP contribution in [0.3, 0.4) is 0 Å². The van der Waals surface area contributed by atoms with E-state index in [1.54, 1.807) is 6.07 Å². The standard InChI is InChI=1S/C16H18F2N4/c1-10(12-4-5-13(17)14(18)8-12)21-6-7-22-15(9-21)19-20-16(22)11-2-3-11/h4-5,8,10-11H,2-3,6-7,9H2,1H3/t10-/m1/s1. The molecule has 1 saturated carbocycles. The van der Waals surface area contributed by atoms with Gasteiger partial charge < -0.3 is 4.57 Å². The third-order valence-corrected chi connectivity index (χ3v) is 4.73. The zero-order valence-corrected chi connectivity index (χ0v) is 12.5. The van der Waals surface area contributed by atoms with Gasteiger partial charge in [0.25, 0.3) is 0 Å². The fraction of sp³-hybridized carbons (Fsp3) is 0.500. The monoisotopic (exact) mass is 304 g/mol. The molecule has 116 valence electrons. The minimum Gasteiger partial charge on any atom is -0.312 e. The van der Waals surface area contributed by atoms with Gasteiger partial charge in [0.05, 0.1) is 6.54 Å². The molecular weight excluding hydrogens is 286 g/mol. The minimum atomic E-state index is -0.802. The Morgan fingerprint density at radius 1 is 1.14 bits per heavy atom. The van der Waals surface area contributed by atoms with Gasteiger partial charge >= 0.3 is 0 Å². The van der Waals surface area contributed by atoms with Crippen LogP contribution in [0.1, 0.15) is 48.9 Å². The summed E-state index contributed by atoms with van der Waals surface area (Å²) in [5.41, 5.74) is 0.786. The number of fused-ring (bicyclic) bond motifs is 1. The predicted octanol–water partition coefficient (Wildman–Crippen LogP) is 3.01. The Morgan fingerprint density at radius 3 is 2.68 bits per heavy atom. The fourth-order valence-electron chi connectivity index (χ4n) is 3.16. The molecular formula is C16H18F2N4. The Kier molecular flexibility index (Phi) is 3.22. The molecule has 1 aliphatic heterocycles. The number of aromatic nitrogens is 3. The Morgan fingerprint density at radius 2 is 1.95 bits per heavy atom. The van der Waals surface area contributed by atoms with Gasteiger partial charge in [-0.05, 0) is 37.5 Å². The number of nitrogens with zero attached hydrogens (tertiary/aromatic N) is 4. The van der Waals surface area contributed by atoms with E-state index in [0.29, 0.717) is 12.5 Å². The van der Waals surface area contributed by atoms with Crippen molar-refractivity contribution < 1.29 is 8.78 Å². The molecule has 1 aromatic heterocycles. The van der Waals surface area contributed by atoms with Gasteiger partial charge in [0.2, 0.25) is 0 Å². The molecule has 0 N–H and O–H groups in total. The van der Waals surface area contributed by atoms with Crippen LogP contribution in [0, 0.1) is 11.6 Å². The van der Waals surface area contributed by atoms with Crippen LogP contribution in [-0.2, 0) is 13.1 Å². The van der Waals surface area contributed by atoms with Crippen molar-refractivity contribution in [2.45, 2.75) is 44.8 Å². The molecule has 1 fully saturated rings. The van der Waals surface area contributed by atoms with Crippen molar-refractivity contribution in [3.63, 3.8) is 0 Å². The lowest BCUT2D eigenvalue weighted by molar-refractivity contribution is 0.162. The van der Waals surface area contributed by atoms with Crippen molar-refractivity contribution in [3.05, 3.63) is 47.0 Å². The molecule has 0 spiro atoms. The van der Waals surface area contributed by atoms with Crippen molar-refractivity contribution >= 4 is 0 Å². The molecule has 0 saturated heterocycles. The van der Waals surface area contributed by atoms with Crippen LogP contribution in [0.25, 0.3) is 0 Å². The first-order valence-electron chi connectivity index (χ1n) is 7.74. The van der Waals surface area contributed by atoms with Crippen molar-refractivity contribution in [2.75, 3.05) is 6.54 Å². The van der Waals surface area contributed by atoms with Crippen LogP contribution in [0.4, 0.5) is 8.78 Å². The molecule has 1 atom stereocenters.